The van der Waals surface area contributed by atoms with Gasteiger partial charge >= 0.3 is 0 Å². The molecule has 1 aliphatic rings. The van der Waals surface area contributed by atoms with Gasteiger partial charge in [0.05, 0.1) is 26.1 Å². The highest BCUT2D eigenvalue weighted by Gasteiger charge is 2.38. The number of rotatable bonds is 5. The van der Waals surface area contributed by atoms with Crippen molar-refractivity contribution in [1.29, 1.82) is 0 Å². The van der Waals surface area contributed by atoms with Gasteiger partial charge in [0.1, 0.15) is 18.0 Å². The number of hydrogen-bond donors (Lipinski definition) is 1. The van der Waals surface area contributed by atoms with Gasteiger partial charge in [0.2, 0.25) is 5.91 Å². The molecule has 1 atom stereocenters. The first-order valence-electron chi connectivity index (χ1n) is 7.83. The van der Waals surface area contributed by atoms with Crippen molar-refractivity contribution in [3.05, 3.63) is 54.4 Å². The number of hydrogen-bond acceptors (Lipinski definition) is 4. The van der Waals surface area contributed by atoms with Gasteiger partial charge in [-0.05, 0) is 17.7 Å². The topological polar surface area (TPSA) is 67.6 Å². The summed E-state index contributed by atoms with van der Waals surface area (Å²) >= 11 is 0. The standard InChI is InChI=1S/C17H20FN3O3/c18-15-3-1-2-14(8-15)9-17(12-22)11-21(6-7-24-17)16(23)10-20-5-4-19-13-20/h1-5,8,13,22H,6-7,9-12H2/t17-/m1/s1. The van der Waals surface area contributed by atoms with E-state index in [1.165, 1.54) is 12.1 Å². The summed E-state index contributed by atoms with van der Waals surface area (Å²) in [7, 11) is 0. The summed E-state index contributed by atoms with van der Waals surface area (Å²) in [6, 6.07) is 6.21. The number of amides is 1. The molecule has 6 nitrogen and oxygen atoms in total. The van der Waals surface area contributed by atoms with Gasteiger partial charge in [-0.15, -0.1) is 0 Å². The van der Waals surface area contributed by atoms with Gasteiger partial charge in [-0.25, -0.2) is 9.37 Å². The van der Waals surface area contributed by atoms with Crippen molar-refractivity contribution in [3.63, 3.8) is 0 Å². The molecule has 1 N–H and O–H groups in total. The number of carbonyl (C=O) groups is 1. The van der Waals surface area contributed by atoms with Crippen LogP contribution in [0.15, 0.2) is 43.0 Å². The van der Waals surface area contributed by atoms with Crippen LogP contribution in [-0.4, -0.2) is 57.4 Å². The van der Waals surface area contributed by atoms with Crippen LogP contribution >= 0.6 is 0 Å². The minimum atomic E-state index is -0.906. The van der Waals surface area contributed by atoms with Gasteiger partial charge < -0.3 is 19.3 Å². The molecular weight excluding hydrogens is 313 g/mol. The predicted molar refractivity (Wildman–Crippen MR) is 84.7 cm³/mol. The van der Waals surface area contributed by atoms with Crippen LogP contribution < -0.4 is 0 Å². The van der Waals surface area contributed by atoms with Crippen molar-refractivity contribution in [1.82, 2.24) is 14.5 Å². The predicted octanol–water partition coefficient (Wildman–Crippen LogP) is 0.855. The Labute approximate surface area is 139 Å². The summed E-state index contributed by atoms with van der Waals surface area (Å²) in [6.07, 6.45) is 5.28. The van der Waals surface area contributed by atoms with E-state index in [1.807, 2.05) is 0 Å². The third-order valence-electron chi connectivity index (χ3n) is 4.18. The molecule has 3 rings (SSSR count). The van der Waals surface area contributed by atoms with Crippen LogP contribution in [0.4, 0.5) is 4.39 Å². The molecule has 0 radical (unpaired) electrons. The van der Waals surface area contributed by atoms with E-state index in [-0.39, 0.29) is 31.4 Å². The summed E-state index contributed by atoms with van der Waals surface area (Å²) in [4.78, 5) is 18.1. The summed E-state index contributed by atoms with van der Waals surface area (Å²) in [6.45, 7) is 1.04. The Hall–Kier alpha value is -2.25. The molecule has 128 valence electrons. The van der Waals surface area contributed by atoms with E-state index in [0.717, 1.165) is 5.56 Å². The number of morpholine rings is 1. The Morgan fingerprint density at radius 2 is 2.33 bits per heavy atom. The number of aliphatic hydroxyl groups is 1. The summed E-state index contributed by atoms with van der Waals surface area (Å²) < 4.78 is 20.9. The summed E-state index contributed by atoms with van der Waals surface area (Å²) in [5.41, 5.74) is -0.177. The Kier molecular flexibility index (Phi) is 4.92. The lowest BCUT2D eigenvalue weighted by Gasteiger charge is -2.42. The van der Waals surface area contributed by atoms with Crippen molar-refractivity contribution in [2.75, 3.05) is 26.3 Å². The molecule has 2 heterocycles. The molecule has 0 saturated carbocycles. The zero-order valence-electron chi connectivity index (χ0n) is 13.3. The van der Waals surface area contributed by atoms with Crippen molar-refractivity contribution < 1.29 is 19.0 Å². The first kappa shape index (κ1) is 16.6. The monoisotopic (exact) mass is 333 g/mol. The minimum Gasteiger partial charge on any atom is -0.393 e. The molecule has 0 aliphatic carbocycles. The first-order chi connectivity index (χ1) is 11.6. The van der Waals surface area contributed by atoms with E-state index >= 15 is 0 Å². The molecule has 1 aromatic heterocycles. The highest BCUT2D eigenvalue weighted by molar-refractivity contribution is 5.76. The number of benzene rings is 1. The van der Waals surface area contributed by atoms with Gasteiger partial charge in [-0.1, -0.05) is 12.1 Å². The van der Waals surface area contributed by atoms with Crippen LogP contribution in [0.2, 0.25) is 0 Å². The molecule has 0 unspecified atom stereocenters. The van der Waals surface area contributed by atoms with Gasteiger partial charge in [0, 0.05) is 25.4 Å². The Morgan fingerprint density at radius 1 is 1.46 bits per heavy atom. The van der Waals surface area contributed by atoms with Crippen LogP contribution in [0.1, 0.15) is 5.56 Å². The van der Waals surface area contributed by atoms with Gasteiger partial charge in [0.25, 0.3) is 0 Å². The average molecular weight is 333 g/mol. The SMILES string of the molecule is O=C(Cn1ccnc1)N1CCO[C@](CO)(Cc2cccc(F)c2)C1. The Balaban J connectivity index is 1.70. The molecule has 7 heteroatoms. The van der Waals surface area contributed by atoms with Crippen LogP contribution in [0, 0.1) is 5.82 Å². The molecule has 1 aliphatic heterocycles. The van der Waals surface area contributed by atoms with E-state index in [2.05, 4.69) is 4.98 Å². The number of ether oxygens (including phenoxy) is 1. The zero-order chi connectivity index (χ0) is 17.0. The highest BCUT2D eigenvalue weighted by Crippen LogP contribution is 2.23. The molecule has 1 amide bonds. The summed E-state index contributed by atoms with van der Waals surface area (Å²) in [5.74, 6) is -0.391. The molecule has 1 fully saturated rings. The third kappa shape index (κ3) is 3.80. The zero-order valence-corrected chi connectivity index (χ0v) is 13.3. The number of aromatic nitrogens is 2. The molecule has 24 heavy (non-hydrogen) atoms. The maximum Gasteiger partial charge on any atom is 0.242 e. The second kappa shape index (κ2) is 7.11. The molecule has 1 saturated heterocycles. The lowest BCUT2D eigenvalue weighted by Crippen LogP contribution is -2.57. The maximum absolute atomic E-state index is 13.4. The number of halogens is 1. The van der Waals surface area contributed by atoms with E-state index in [4.69, 9.17) is 4.74 Å². The highest BCUT2D eigenvalue weighted by atomic mass is 19.1. The van der Waals surface area contributed by atoms with Gasteiger partial charge in [-0.3, -0.25) is 4.79 Å². The van der Waals surface area contributed by atoms with E-state index in [0.29, 0.717) is 19.6 Å². The Morgan fingerprint density at radius 3 is 3.04 bits per heavy atom. The van der Waals surface area contributed by atoms with Crippen LogP contribution in [-0.2, 0) is 22.5 Å². The molecule has 2 aromatic rings. The van der Waals surface area contributed by atoms with Crippen molar-refractivity contribution in [2.45, 2.75) is 18.6 Å². The molecular formula is C17H20FN3O3. The second-order valence-corrected chi connectivity index (χ2v) is 6.05. The minimum absolute atomic E-state index is 0.0617. The fraction of sp³-hybridized carbons (Fsp3) is 0.412. The number of aliphatic hydroxyl groups excluding tert-OH is 1. The Bertz CT molecular complexity index is 692. The van der Waals surface area contributed by atoms with Crippen molar-refractivity contribution in [2.24, 2.45) is 0 Å². The maximum atomic E-state index is 13.4. The van der Waals surface area contributed by atoms with Crippen LogP contribution in [0.3, 0.4) is 0 Å². The second-order valence-electron chi connectivity index (χ2n) is 6.05. The fourth-order valence-corrected chi connectivity index (χ4v) is 2.97. The fourth-order valence-electron chi connectivity index (χ4n) is 2.97. The first-order valence-corrected chi connectivity index (χ1v) is 7.83. The number of imidazole rings is 1. The van der Waals surface area contributed by atoms with Crippen LogP contribution in [0.5, 0.6) is 0 Å². The largest absolute Gasteiger partial charge is 0.393 e. The van der Waals surface area contributed by atoms with Gasteiger partial charge in [-0.2, -0.15) is 0 Å². The van der Waals surface area contributed by atoms with Crippen molar-refractivity contribution >= 4 is 5.91 Å². The van der Waals surface area contributed by atoms with Crippen LogP contribution in [0.25, 0.3) is 0 Å². The normalized spacial score (nSPS) is 21.0. The number of nitrogens with zero attached hydrogens (tertiary/aromatic N) is 3. The summed E-state index contributed by atoms with van der Waals surface area (Å²) in [5, 5.41) is 9.86. The molecule has 1 aromatic carbocycles. The van der Waals surface area contributed by atoms with E-state index in [1.54, 1.807) is 40.3 Å². The average Bonchev–Trinajstić information content (AvgIpc) is 3.08. The quantitative estimate of drug-likeness (QED) is 0.881. The number of carbonyl (C=O) groups excluding carboxylic acids is 1. The van der Waals surface area contributed by atoms with Gasteiger partial charge in [0.15, 0.2) is 0 Å². The third-order valence-corrected chi connectivity index (χ3v) is 4.18. The van der Waals surface area contributed by atoms with E-state index in [9.17, 15) is 14.3 Å². The molecule has 0 bridgehead atoms. The smallest absolute Gasteiger partial charge is 0.242 e. The van der Waals surface area contributed by atoms with Crippen molar-refractivity contribution in [3.8, 4) is 0 Å². The van der Waals surface area contributed by atoms with E-state index < -0.39 is 5.60 Å². The lowest BCUT2D eigenvalue weighted by atomic mass is 9.93. The molecule has 0 spiro atoms. The lowest BCUT2D eigenvalue weighted by molar-refractivity contribution is -0.158.